The van der Waals surface area contributed by atoms with Gasteiger partial charge in [0, 0.05) is 13.1 Å². The molecule has 2 aliphatic heterocycles. The van der Waals surface area contributed by atoms with Crippen molar-refractivity contribution < 1.29 is 9.18 Å². The van der Waals surface area contributed by atoms with Crippen molar-refractivity contribution in [1.82, 2.24) is 10.4 Å². The number of hydrogen-bond donors (Lipinski definition) is 1. The Morgan fingerprint density at radius 2 is 2.10 bits per heavy atom. The highest BCUT2D eigenvalue weighted by Gasteiger charge is 2.26. The summed E-state index contributed by atoms with van der Waals surface area (Å²) in [7, 11) is 0. The number of amides is 1. The highest BCUT2D eigenvalue weighted by Crippen LogP contribution is 2.30. The SMILES string of the molecule is O=C1N=C(N2CCCCN2)S/C1=C/c1ccc(F)cc1. The molecule has 1 saturated heterocycles. The summed E-state index contributed by atoms with van der Waals surface area (Å²) in [5, 5.41) is 2.63. The van der Waals surface area contributed by atoms with E-state index < -0.39 is 0 Å². The predicted molar refractivity (Wildman–Crippen MR) is 78.4 cm³/mol. The van der Waals surface area contributed by atoms with Gasteiger partial charge < -0.3 is 0 Å². The molecule has 1 aromatic carbocycles. The van der Waals surface area contributed by atoms with Crippen LogP contribution in [-0.2, 0) is 4.79 Å². The maximum Gasteiger partial charge on any atom is 0.286 e. The smallest absolute Gasteiger partial charge is 0.286 e. The van der Waals surface area contributed by atoms with E-state index in [0.717, 1.165) is 31.5 Å². The fourth-order valence-electron chi connectivity index (χ4n) is 2.08. The third-order valence-electron chi connectivity index (χ3n) is 3.12. The number of rotatable bonds is 1. The van der Waals surface area contributed by atoms with Gasteiger partial charge in [-0.3, -0.25) is 9.80 Å². The molecule has 0 atom stereocenters. The van der Waals surface area contributed by atoms with Gasteiger partial charge in [-0.25, -0.2) is 9.82 Å². The van der Waals surface area contributed by atoms with Gasteiger partial charge in [-0.15, -0.1) is 0 Å². The number of amidine groups is 1. The van der Waals surface area contributed by atoms with Crippen LogP contribution in [0.25, 0.3) is 6.08 Å². The van der Waals surface area contributed by atoms with Gasteiger partial charge in [-0.05, 0) is 48.4 Å². The van der Waals surface area contributed by atoms with Crippen LogP contribution in [0.4, 0.5) is 4.39 Å². The van der Waals surface area contributed by atoms with Crippen LogP contribution in [0.5, 0.6) is 0 Å². The number of carbonyl (C=O) groups excluding carboxylic acids is 1. The molecule has 6 heteroatoms. The van der Waals surface area contributed by atoms with E-state index in [2.05, 4.69) is 10.4 Å². The Morgan fingerprint density at radius 3 is 2.80 bits per heavy atom. The van der Waals surface area contributed by atoms with Crippen LogP contribution >= 0.6 is 11.8 Å². The van der Waals surface area contributed by atoms with E-state index in [1.54, 1.807) is 18.2 Å². The van der Waals surface area contributed by atoms with Crippen molar-refractivity contribution in [3.05, 3.63) is 40.6 Å². The minimum absolute atomic E-state index is 0.235. The first kappa shape index (κ1) is 13.3. The Kier molecular flexibility index (Phi) is 3.84. The van der Waals surface area contributed by atoms with Crippen molar-refractivity contribution in [2.75, 3.05) is 13.1 Å². The van der Waals surface area contributed by atoms with Crippen molar-refractivity contribution in [3.8, 4) is 0 Å². The van der Waals surface area contributed by atoms with E-state index in [1.807, 2.05) is 5.01 Å². The van der Waals surface area contributed by atoms with E-state index in [1.165, 1.54) is 23.9 Å². The molecular formula is C14H14FN3OS. The van der Waals surface area contributed by atoms with Crippen molar-refractivity contribution in [2.24, 2.45) is 4.99 Å². The number of nitrogens with zero attached hydrogens (tertiary/aromatic N) is 2. The maximum atomic E-state index is 12.9. The summed E-state index contributed by atoms with van der Waals surface area (Å²) in [6.45, 7) is 1.77. The van der Waals surface area contributed by atoms with Gasteiger partial charge in [0.25, 0.3) is 5.91 Å². The summed E-state index contributed by atoms with van der Waals surface area (Å²) in [5.74, 6) is -0.520. The Bertz CT molecular complexity index is 577. The molecule has 0 bridgehead atoms. The summed E-state index contributed by atoms with van der Waals surface area (Å²) in [6, 6.07) is 6.05. The standard InChI is InChI=1S/C14H14FN3OS/c15-11-5-3-10(4-6-11)9-12-13(19)17-14(20-12)18-8-2-1-7-16-18/h3-6,9,16H,1-2,7-8H2/b12-9+. The lowest BCUT2D eigenvalue weighted by molar-refractivity contribution is -0.113. The minimum atomic E-state index is -0.285. The van der Waals surface area contributed by atoms with Crippen LogP contribution in [-0.4, -0.2) is 29.2 Å². The molecule has 1 fully saturated rings. The van der Waals surface area contributed by atoms with Gasteiger partial charge in [0.2, 0.25) is 0 Å². The first-order valence-corrected chi connectivity index (χ1v) is 7.33. The minimum Gasteiger partial charge on any atom is -0.286 e. The molecule has 3 rings (SSSR count). The van der Waals surface area contributed by atoms with Gasteiger partial charge in [-0.2, -0.15) is 4.99 Å². The molecular weight excluding hydrogens is 277 g/mol. The van der Waals surface area contributed by atoms with Crippen LogP contribution in [0, 0.1) is 5.82 Å². The zero-order valence-electron chi connectivity index (χ0n) is 10.8. The summed E-state index contributed by atoms with van der Waals surface area (Å²) in [4.78, 5) is 16.5. The number of halogens is 1. The van der Waals surface area contributed by atoms with Crippen LogP contribution < -0.4 is 5.43 Å². The van der Waals surface area contributed by atoms with E-state index >= 15 is 0 Å². The molecule has 0 unspecified atom stereocenters. The van der Waals surface area contributed by atoms with Crippen molar-refractivity contribution in [2.45, 2.75) is 12.8 Å². The average molecular weight is 291 g/mol. The predicted octanol–water partition coefficient (Wildman–Crippen LogP) is 2.40. The molecule has 1 aromatic rings. The monoisotopic (exact) mass is 291 g/mol. The molecule has 0 saturated carbocycles. The zero-order valence-corrected chi connectivity index (χ0v) is 11.6. The van der Waals surface area contributed by atoms with Crippen LogP contribution in [0.3, 0.4) is 0 Å². The van der Waals surface area contributed by atoms with Gasteiger partial charge >= 0.3 is 0 Å². The Morgan fingerprint density at radius 1 is 1.30 bits per heavy atom. The number of hydrogen-bond acceptors (Lipinski definition) is 4. The second kappa shape index (κ2) is 5.76. The van der Waals surface area contributed by atoms with Crippen molar-refractivity contribution in [1.29, 1.82) is 0 Å². The molecule has 0 spiro atoms. The zero-order chi connectivity index (χ0) is 13.9. The molecule has 0 radical (unpaired) electrons. The molecule has 0 aliphatic carbocycles. The van der Waals surface area contributed by atoms with Crippen molar-refractivity contribution in [3.63, 3.8) is 0 Å². The number of thioether (sulfide) groups is 1. The van der Waals surface area contributed by atoms with E-state index in [9.17, 15) is 9.18 Å². The van der Waals surface area contributed by atoms with Gasteiger partial charge in [-0.1, -0.05) is 12.1 Å². The Hall–Kier alpha value is -1.66. The van der Waals surface area contributed by atoms with Gasteiger partial charge in [0.1, 0.15) is 5.82 Å². The number of nitrogens with one attached hydrogen (secondary N) is 1. The van der Waals surface area contributed by atoms with Gasteiger partial charge in [0.05, 0.1) is 4.91 Å². The first-order valence-electron chi connectivity index (χ1n) is 6.51. The first-order chi connectivity index (χ1) is 9.72. The van der Waals surface area contributed by atoms with Crippen LogP contribution in [0.15, 0.2) is 34.2 Å². The molecule has 20 heavy (non-hydrogen) atoms. The Balaban J connectivity index is 1.74. The topological polar surface area (TPSA) is 44.7 Å². The second-order valence-corrected chi connectivity index (χ2v) is 5.64. The third-order valence-corrected chi connectivity index (χ3v) is 4.13. The largest absolute Gasteiger partial charge is 0.286 e. The number of aliphatic imine (C=N–C) groups is 1. The van der Waals surface area contributed by atoms with Crippen molar-refractivity contribution >= 4 is 28.9 Å². The Labute approximate surface area is 120 Å². The second-order valence-electron chi connectivity index (χ2n) is 4.63. The molecule has 1 N–H and O–H groups in total. The maximum absolute atomic E-state index is 12.9. The van der Waals surface area contributed by atoms with Crippen LogP contribution in [0.2, 0.25) is 0 Å². The number of hydrazine groups is 1. The lowest BCUT2D eigenvalue weighted by Gasteiger charge is -2.28. The summed E-state index contributed by atoms with van der Waals surface area (Å²) < 4.78 is 12.9. The number of benzene rings is 1. The number of carbonyl (C=O) groups is 1. The molecule has 2 aliphatic rings. The average Bonchev–Trinajstić information content (AvgIpc) is 2.84. The van der Waals surface area contributed by atoms with Gasteiger partial charge in [0.15, 0.2) is 5.17 Å². The highest BCUT2D eigenvalue weighted by atomic mass is 32.2. The highest BCUT2D eigenvalue weighted by molar-refractivity contribution is 8.18. The molecule has 0 aromatic heterocycles. The molecule has 104 valence electrons. The fourth-order valence-corrected chi connectivity index (χ4v) is 2.99. The summed E-state index contributed by atoms with van der Waals surface area (Å²) in [5.41, 5.74) is 4.02. The normalized spacial score (nSPS) is 21.4. The third kappa shape index (κ3) is 2.91. The molecule has 4 nitrogen and oxygen atoms in total. The van der Waals surface area contributed by atoms with Crippen LogP contribution in [0.1, 0.15) is 18.4 Å². The summed E-state index contributed by atoms with van der Waals surface area (Å²) in [6.07, 6.45) is 3.98. The fraction of sp³-hybridized carbons (Fsp3) is 0.286. The molecule has 1 amide bonds. The van der Waals surface area contributed by atoms with E-state index in [0.29, 0.717) is 10.1 Å². The quantitative estimate of drug-likeness (QED) is 0.807. The lowest BCUT2D eigenvalue weighted by atomic mass is 10.2. The molecule has 2 heterocycles. The van der Waals surface area contributed by atoms with E-state index in [-0.39, 0.29) is 11.7 Å². The van der Waals surface area contributed by atoms with E-state index in [4.69, 9.17) is 0 Å². The lowest BCUT2D eigenvalue weighted by Crippen LogP contribution is -2.45. The summed E-state index contributed by atoms with van der Waals surface area (Å²) >= 11 is 1.36.